The third kappa shape index (κ3) is 2.40. The summed E-state index contributed by atoms with van der Waals surface area (Å²) in [6.07, 6.45) is 0. The number of para-hydroxylation sites is 1. The molecule has 2 aromatic carbocycles. The van der Waals surface area contributed by atoms with Crippen LogP contribution in [0.4, 0.5) is 5.69 Å². The summed E-state index contributed by atoms with van der Waals surface area (Å²) in [7, 11) is 1.58. The number of anilines is 1. The molecule has 0 aliphatic rings. The van der Waals surface area contributed by atoms with Crippen LogP contribution >= 0.6 is 0 Å². The van der Waals surface area contributed by atoms with Gasteiger partial charge >= 0.3 is 5.76 Å². The average molecular weight is 298 g/mol. The fraction of sp³-hybridized carbons (Fsp3) is 0.125. The first kappa shape index (κ1) is 14.1. The van der Waals surface area contributed by atoms with E-state index in [1.54, 1.807) is 49.5 Å². The maximum Gasteiger partial charge on any atom is 0.419 e. The fourth-order valence-corrected chi connectivity index (χ4v) is 2.28. The van der Waals surface area contributed by atoms with Gasteiger partial charge in [-0.1, -0.05) is 18.2 Å². The summed E-state index contributed by atoms with van der Waals surface area (Å²) in [5.41, 5.74) is 2.35. The van der Waals surface area contributed by atoms with Crippen LogP contribution in [0.15, 0.2) is 51.7 Å². The molecule has 1 aromatic heterocycles. The minimum atomic E-state index is -0.516. The molecule has 1 heterocycles. The predicted molar refractivity (Wildman–Crippen MR) is 81.8 cm³/mol. The number of carbonyl (C=O) groups is 1. The van der Waals surface area contributed by atoms with Gasteiger partial charge in [0.2, 0.25) is 0 Å². The maximum absolute atomic E-state index is 12.4. The fourth-order valence-electron chi connectivity index (χ4n) is 2.28. The van der Waals surface area contributed by atoms with Gasteiger partial charge in [-0.25, -0.2) is 4.79 Å². The number of nitrogens with zero attached hydrogens (tertiary/aromatic N) is 1. The van der Waals surface area contributed by atoms with Crippen molar-refractivity contribution < 1.29 is 14.3 Å². The number of nitrogens with one attached hydrogen (secondary N) is 1. The smallest absolute Gasteiger partial charge is 0.407 e. The van der Waals surface area contributed by atoms with E-state index in [0.29, 0.717) is 16.8 Å². The highest BCUT2D eigenvalue weighted by Crippen LogP contribution is 2.19. The van der Waals surface area contributed by atoms with E-state index in [1.165, 1.54) is 4.57 Å². The van der Waals surface area contributed by atoms with Gasteiger partial charge in [-0.3, -0.25) is 9.36 Å². The Balaban J connectivity index is 1.98. The number of aliphatic hydroxyl groups excluding tert-OH is 1. The summed E-state index contributed by atoms with van der Waals surface area (Å²) in [5.74, 6) is -0.896. The van der Waals surface area contributed by atoms with E-state index in [1.807, 2.05) is 0 Å². The number of benzene rings is 2. The highest BCUT2D eigenvalue weighted by Gasteiger charge is 2.16. The van der Waals surface area contributed by atoms with Crippen molar-refractivity contribution in [1.82, 2.24) is 4.57 Å². The van der Waals surface area contributed by atoms with Crippen LogP contribution in [0.1, 0.15) is 15.9 Å². The van der Waals surface area contributed by atoms with Crippen LogP contribution in [0.5, 0.6) is 0 Å². The first-order chi connectivity index (χ1) is 10.6. The number of oxazole rings is 1. The van der Waals surface area contributed by atoms with Crippen molar-refractivity contribution in [2.75, 3.05) is 5.32 Å². The molecule has 0 aliphatic carbocycles. The molecule has 0 bridgehead atoms. The zero-order valence-corrected chi connectivity index (χ0v) is 11.9. The standard InChI is InChI=1S/C16H14N2O4/c1-18-13-7-3-6-12(14(13)22-16(18)21)15(20)17-11-5-2-4-10(8-11)9-19/h2-8,19H,9H2,1H3,(H,17,20). The highest BCUT2D eigenvalue weighted by atomic mass is 16.4. The van der Waals surface area contributed by atoms with Crippen molar-refractivity contribution in [2.24, 2.45) is 7.05 Å². The molecular formula is C16H14N2O4. The molecule has 0 spiro atoms. The molecule has 0 fully saturated rings. The van der Waals surface area contributed by atoms with E-state index >= 15 is 0 Å². The predicted octanol–water partition coefficient (Wildman–Crippen LogP) is 1.88. The van der Waals surface area contributed by atoms with Crippen molar-refractivity contribution in [3.05, 3.63) is 64.1 Å². The van der Waals surface area contributed by atoms with Gasteiger partial charge in [-0.2, -0.15) is 0 Å². The molecule has 22 heavy (non-hydrogen) atoms. The number of aliphatic hydroxyl groups is 1. The molecule has 112 valence electrons. The summed E-state index contributed by atoms with van der Waals surface area (Å²) >= 11 is 0. The van der Waals surface area contributed by atoms with E-state index in [0.717, 1.165) is 0 Å². The SMILES string of the molecule is Cn1c(=O)oc2c(C(=O)Nc3cccc(CO)c3)cccc21. The molecule has 3 rings (SSSR count). The Labute approximate surface area is 125 Å². The van der Waals surface area contributed by atoms with E-state index < -0.39 is 5.76 Å². The second kappa shape index (κ2) is 5.50. The number of aryl methyl sites for hydroxylation is 1. The zero-order valence-electron chi connectivity index (χ0n) is 11.9. The van der Waals surface area contributed by atoms with Crippen molar-refractivity contribution in [1.29, 1.82) is 0 Å². The van der Waals surface area contributed by atoms with Gasteiger partial charge in [0.1, 0.15) is 0 Å². The van der Waals surface area contributed by atoms with Crippen molar-refractivity contribution in [3.8, 4) is 0 Å². The van der Waals surface area contributed by atoms with Crippen LogP contribution in [0.2, 0.25) is 0 Å². The molecule has 0 radical (unpaired) electrons. The topological polar surface area (TPSA) is 84.5 Å². The third-order valence-electron chi connectivity index (χ3n) is 3.43. The van der Waals surface area contributed by atoms with E-state index in [2.05, 4.69) is 5.32 Å². The van der Waals surface area contributed by atoms with Gasteiger partial charge in [-0.05, 0) is 29.8 Å². The summed E-state index contributed by atoms with van der Waals surface area (Å²) in [6.45, 7) is -0.104. The quantitative estimate of drug-likeness (QED) is 0.773. The lowest BCUT2D eigenvalue weighted by Gasteiger charge is -2.07. The number of hydrogen-bond donors (Lipinski definition) is 2. The molecule has 0 saturated heterocycles. The zero-order chi connectivity index (χ0) is 15.7. The van der Waals surface area contributed by atoms with Gasteiger partial charge in [0.15, 0.2) is 5.58 Å². The summed E-state index contributed by atoms with van der Waals surface area (Å²) in [6, 6.07) is 11.9. The molecule has 6 heteroatoms. The van der Waals surface area contributed by atoms with E-state index in [9.17, 15) is 9.59 Å². The largest absolute Gasteiger partial charge is 0.419 e. The van der Waals surface area contributed by atoms with Crippen molar-refractivity contribution in [2.45, 2.75) is 6.61 Å². The molecule has 1 amide bonds. The van der Waals surface area contributed by atoms with Gasteiger partial charge in [-0.15, -0.1) is 0 Å². The number of rotatable bonds is 3. The Morgan fingerprint density at radius 2 is 2.05 bits per heavy atom. The van der Waals surface area contributed by atoms with Crippen LogP contribution in [0.25, 0.3) is 11.1 Å². The minimum Gasteiger partial charge on any atom is -0.407 e. The Kier molecular flexibility index (Phi) is 3.52. The third-order valence-corrected chi connectivity index (χ3v) is 3.43. The molecule has 0 unspecified atom stereocenters. The van der Waals surface area contributed by atoms with Crippen LogP contribution in [-0.2, 0) is 13.7 Å². The number of carbonyl (C=O) groups excluding carboxylic acids is 1. The normalized spacial score (nSPS) is 10.8. The molecule has 2 N–H and O–H groups in total. The Bertz CT molecular complexity index is 908. The first-order valence-corrected chi connectivity index (χ1v) is 6.70. The lowest BCUT2D eigenvalue weighted by Crippen LogP contribution is -2.12. The number of amides is 1. The van der Waals surface area contributed by atoms with Gasteiger partial charge in [0, 0.05) is 12.7 Å². The Morgan fingerprint density at radius 3 is 2.82 bits per heavy atom. The first-order valence-electron chi connectivity index (χ1n) is 6.70. The van der Waals surface area contributed by atoms with Crippen LogP contribution in [0.3, 0.4) is 0 Å². The van der Waals surface area contributed by atoms with Gasteiger partial charge in [0.25, 0.3) is 5.91 Å². The average Bonchev–Trinajstić information content (AvgIpc) is 2.82. The van der Waals surface area contributed by atoms with E-state index in [-0.39, 0.29) is 23.7 Å². The molecule has 0 aliphatic heterocycles. The van der Waals surface area contributed by atoms with Crippen LogP contribution in [0, 0.1) is 0 Å². The van der Waals surface area contributed by atoms with Crippen LogP contribution in [-0.4, -0.2) is 15.6 Å². The molecule has 0 saturated carbocycles. The summed E-state index contributed by atoms with van der Waals surface area (Å²) in [5, 5.41) is 11.9. The van der Waals surface area contributed by atoms with Crippen molar-refractivity contribution >= 4 is 22.7 Å². The molecule has 6 nitrogen and oxygen atoms in total. The molecule has 0 atom stereocenters. The second-order valence-electron chi connectivity index (χ2n) is 4.89. The Hall–Kier alpha value is -2.86. The number of fused-ring (bicyclic) bond motifs is 1. The van der Waals surface area contributed by atoms with E-state index in [4.69, 9.17) is 9.52 Å². The van der Waals surface area contributed by atoms with Gasteiger partial charge in [0.05, 0.1) is 17.7 Å². The Morgan fingerprint density at radius 1 is 1.27 bits per heavy atom. The highest BCUT2D eigenvalue weighted by molar-refractivity contribution is 6.11. The van der Waals surface area contributed by atoms with Crippen LogP contribution < -0.4 is 11.1 Å². The molecular weight excluding hydrogens is 284 g/mol. The lowest BCUT2D eigenvalue weighted by atomic mass is 10.1. The monoisotopic (exact) mass is 298 g/mol. The van der Waals surface area contributed by atoms with Crippen molar-refractivity contribution in [3.63, 3.8) is 0 Å². The number of hydrogen-bond acceptors (Lipinski definition) is 4. The minimum absolute atomic E-state index is 0.104. The lowest BCUT2D eigenvalue weighted by molar-refractivity contribution is 0.102. The van der Waals surface area contributed by atoms with Gasteiger partial charge < -0.3 is 14.8 Å². The summed E-state index contributed by atoms with van der Waals surface area (Å²) in [4.78, 5) is 24.0. The maximum atomic E-state index is 12.4. The molecule has 3 aromatic rings. The second-order valence-corrected chi connectivity index (χ2v) is 4.89. The number of aromatic nitrogens is 1. The summed E-state index contributed by atoms with van der Waals surface area (Å²) < 4.78 is 6.49.